The number of aryl methyl sites for hydroxylation is 1. The maximum absolute atomic E-state index is 11.9. The van der Waals surface area contributed by atoms with Crippen LogP contribution in [0.25, 0.3) is 0 Å². The maximum Gasteiger partial charge on any atom is 0.358 e. The first-order valence-corrected chi connectivity index (χ1v) is 7.51. The lowest BCUT2D eigenvalue weighted by Crippen LogP contribution is -2.35. The van der Waals surface area contributed by atoms with E-state index < -0.39 is 5.97 Å². The van der Waals surface area contributed by atoms with E-state index in [1.807, 2.05) is 13.8 Å². The number of amides is 1. The summed E-state index contributed by atoms with van der Waals surface area (Å²) in [6.45, 7) is 9.30. The number of aromatic nitrogens is 1. The van der Waals surface area contributed by atoms with Crippen LogP contribution in [0.1, 0.15) is 36.1 Å². The predicted octanol–water partition coefficient (Wildman–Crippen LogP) is 1.91. The number of nitrogens with zero attached hydrogens (tertiary/aromatic N) is 2. The van der Waals surface area contributed by atoms with Crippen LogP contribution in [0.2, 0.25) is 0 Å². The van der Waals surface area contributed by atoms with Crippen molar-refractivity contribution in [1.82, 2.24) is 9.88 Å². The van der Waals surface area contributed by atoms with Crippen LogP contribution in [-0.4, -0.2) is 48.0 Å². The van der Waals surface area contributed by atoms with Crippen LogP contribution in [-0.2, 0) is 9.53 Å². The number of nitrogens with one attached hydrogen (secondary N) is 1. The van der Waals surface area contributed by atoms with Gasteiger partial charge in [0.1, 0.15) is 0 Å². The normalized spacial score (nSPS) is 10.2. The van der Waals surface area contributed by atoms with Crippen molar-refractivity contribution >= 4 is 28.3 Å². The molecule has 6 nitrogen and oxygen atoms in total. The summed E-state index contributed by atoms with van der Waals surface area (Å²) in [5, 5.41) is 3.52. The number of thiazole rings is 1. The van der Waals surface area contributed by atoms with Crippen molar-refractivity contribution < 1.29 is 14.3 Å². The molecule has 112 valence electrons. The van der Waals surface area contributed by atoms with E-state index in [9.17, 15) is 9.59 Å². The van der Waals surface area contributed by atoms with Gasteiger partial charge in [0.15, 0.2) is 10.8 Å². The molecule has 1 heterocycles. The second-order valence-electron chi connectivity index (χ2n) is 4.06. The number of carbonyl (C=O) groups excluding carboxylic acids is 2. The first kappa shape index (κ1) is 16.4. The molecular formula is C13H21N3O3S. The SMILES string of the molecule is CCOC(=O)c1nc(NCC(=O)N(CC)CC)sc1C. The standard InChI is InChI=1S/C13H21N3O3S/c1-5-16(6-2)10(17)8-14-13-15-11(9(4)20-13)12(18)19-7-3/h5-8H2,1-4H3,(H,14,15). The second-order valence-corrected chi connectivity index (χ2v) is 5.27. The minimum Gasteiger partial charge on any atom is -0.461 e. The number of hydrogen-bond acceptors (Lipinski definition) is 6. The molecule has 7 heteroatoms. The summed E-state index contributed by atoms with van der Waals surface area (Å²) in [5.74, 6) is -0.412. The van der Waals surface area contributed by atoms with Gasteiger partial charge in [-0.2, -0.15) is 0 Å². The van der Waals surface area contributed by atoms with Crippen LogP contribution >= 0.6 is 11.3 Å². The number of hydrogen-bond donors (Lipinski definition) is 1. The van der Waals surface area contributed by atoms with Crippen molar-refractivity contribution in [2.45, 2.75) is 27.7 Å². The number of ether oxygens (including phenoxy) is 1. The highest BCUT2D eigenvalue weighted by atomic mass is 32.1. The van der Waals surface area contributed by atoms with E-state index in [4.69, 9.17) is 4.74 Å². The molecule has 0 aromatic carbocycles. The molecule has 0 spiro atoms. The third-order valence-electron chi connectivity index (χ3n) is 2.77. The number of esters is 1. The monoisotopic (exact) mass is 299 g/mol. The van der Waals surface area contributed by atoms with Gasteiger partial charge in [-0.05, 0) is 27.7 Å². The van der Waals surface area contributed by atoms with E-state index in [1.165, 1.54) is 11.3 Å². The van der Waals surface area contributed by atoms with Gasteiger partial charge in [-0.15, -0.1) is 11.3 Å². The van der Waals surface area contributed by atoms with Crippen molar-refractivity contribution in [3.8, 4) is 0 Å². The lowest BCUT2D eigenvalue weighted by molar-refractivity contribution is -0.128. The first-order valence-electron chi connectivity index (χ1n) is 6.69. The van der Waals surface area contributed by atoms with Crippen molar-refractivity contribution in [1.29, 1.82) is 0 Å². The molecule has 1 N–H and O–H groups in total. The number of rotatable bonds is 7. The summed E-state index contributed by atoms with van der Waals surface area (Å²) >= 11 is 1.34. The van der Waals surface area contributed by atoms with E-state index in [-0.39, 0.29) is 12.5 Å². The summed E-state index contributed by atoms with van der Waals surface area (Å²) in [6, 6.07) is 0. The number of carbonyl (C=O) groups is 2. The van der Waals surface area contributed by atoms with Gasteiger partial charge in [0, 0.05) is 18.0 Å². The Morgan fingerprint density at radius 3 is 2.50 bits per heavy atom. The average molecular weight is 299 g/mol. The average Bonchev–Trinajstić information content (AvgIpc) is 2.79. The Balaban J connectivity index is 2.64. The fraction of sp³-hybridized carbons (Fsp3) is 0.615. The molecule has 0 aliphatic rings. The summed E-state index contributed by atoms with van der Waals surface area (Å²) < 4.78 is 4.92. The highest BCUT2D eigenvalue weighted by Crippen LogP contribution is 2.22. The number of anilines is 1. The first-order chi connectivity index (χ1) is 9.53. The molecule has 0 aliphatic heterocycles. The van der Waals surface area contributed by atoms with Crippen LogP contribution in [0.4, 0.5) is 5.13 Å². The molecule has 1 rings (SSSR count). The molecule has 1 aromatic heterocycles. The molecule has 0 bridgehead atoms. The Labute approximate surface area is 123 Å². The van der Waals surface area contributed by atoms with E-state index in [0.717, 1.165) is 4.88 Å². The smallest absolute Gasteiger partial charge is 0.358 e. The molecule has 0 unspecified atom stereocenters. The van der Waals surface area contributed by atoms with Crippen molar-refractivity contribution in [2.75, 3.05) is 31.6 Å². The fourth-order valence-corrected chi connectivity index (χ4v) is 2.50. The van der Waals surface area contributed by atoms with E-state index in [0.29, 0.717) is 30.5 Å². The minimum absolute atomic E-state index is 0.0144. The van der Waals surface area contributed by atoms with Crippen LogP contribution in [0.15, 0.2) is 0 Å². The quantitative estimate of drug-likeness (QED) is 0.779. The van der Waals surface area contributed by atoms with Crippen molar-refractivity contribution in [3.63, 3.8) is 0 Å². The fourth-order valence-electron chi connectivity index (χ4n) is 1.70. The second kappa shape index (κ2) is 7.84. The molecular weight excluding hydrogens is 278 g/mol. The minimum atomic E-state index is -0.427. The predicted molar refractivity (Wildman–Crippen MR) is 79.2 cm³/mol. The van der Waals surface area contributed by atoms with Crippen LogP contribution in [0.3, 0.4) is 0 Å². The molecule has 0 saturated heterocycles. The Kier molecular flexibility index (Phi) is 6.44. The van der Waals surface area contributed by atoms with Crippen molar-refractivity contribution in [3.05, 3.63) is 10.6 Å². The van der Waals surface area contributed by atoms with Crippen LogP contribution < -0.4 is 5.32 Å². The Hall–Kier alpha value is -1.63. The molecule has 20 heavy (non-hydrogen) atoms. The van der Waals surface area contributed by atoms with Crippen molar-refractivity contribution in [2.24, 2.45) is 0 Å². The van der Waals surface area contributed by atoms with E-state index in [2.05, 4.69) is 10.3 Å². The third-order valence-corrected chi connectivity index (χ3v) is 3.70. The van der Waals surface area contributed by atoms with Crippen LogP contribution in [0, 0.1) is 6.92 Å². The summed E-state index contributed by atoms with van der Waals surface area (Å²) in [4.78, 5) is 30.2. The summed E-state index contributed by atoms with van der Waals surface area (Å²) in [7, 11) is 0. The zero-order valence-electron chi connectivity index (χ0n) is 12.4. The summed E-state index contributed by atoms with van der Waals surface area (Å²) in [5.41, 5.74) is 0.314. The molecule has 0 atom stereocenters. The van der Waals surface area contributed by atoms with Gasteiger partial charge in [0.2, 0.25) is 5.91 Å². The zero-order valence-corrected chi connectivity index (χ0v) is 13.2. The highest BCUT2D eigenvalue weighted by molar-refractivity contribution is 7.15. The molecule has 0 aliphatic carbocycles. The van der Waals surface area contributed by atoms with Gasteiger partial charge >= 0.3 is 5.97 Å². The van der Waals surface area contributed by atoms with Gasteiger partial charge in [-0.25, -0.2) is 9.78 Å². The van der Waals surface area contributed by atoms with Crippen LogP contribution in [0.5, 0.6) is 0 Å². The van der Waals surface area contributed by atoms with Gasteiger partial charge in [-0.3, -0.25) is 4.79 Å². The lowest BCUT2D eigenvalue weighted by atomic mass is 10.4. The Bertz CT molecular complexity index is 469. The zero-order chi connectivity index (χ0) is 15.1. The van der Waals surface area contributed by atoms with Gasteiger partial charge in [-0.1, -0.05) is 0 Å². The molecule has 1 amide bonds. The molecule has 0 fully saturated rings. The molecule has 1 aromatic rings. The van der Waals surface area contributed by atoms with Gasteiger partial charge in [0.05, 0.1) is 13.2 Å². The van der Waals surface area contributed by atoms with E-state index in [1.54, 1.807) is 18.7 Å². The highest BCUT2D eigenvalue weighted by Gasteiger charge is 2.17. The van der Waals surface area contributed by atoms with Gasteiger partial charge in [0.25, 0.3) is 0 Å². The number of likely N-dealkylation sites (N-methyl/N-ethyl adjacent to an activating group) is 1. The maximum atomic E-state index is 11.9. The summed E-state index contributed by atoms with van der Waals surface area (Å²) in [6.07, 6.45) is 0. The Morgan fingerprint density at radius 1 is 1.30 bits per heavy atom. The molecule has 0 saturated carbocycles. The molecule has 0 radical (unpaired) electrons. The Morgan fingerprint density at radius 2 is 1.95 bits per heavy atom. The third kappa shape index (κ3) is 4.19. The largest absolute Gasteiger partial charge is 0.461 e. The topological polar surface area (TPSA) is 71.5 Å². The van der Waals surface area contributed by atoms with E-state index >= 15 is 0 Å². The van der Waals surface area contributed by atoms with Gasteiger partial charge < -0.3 is 15.0 Å². The lowest BCUT2D eigenvalue weighted by Gasteiger charge is -2.18.